The Labute approximate surface area is 194 Å². The zero-order valence-corrected chi connectivity index (χ0v) is 19.6. The van der Waals surface area contributed by atoms with Crippen LogP contribution in [0.5, 0.6) is 5.75 Å². The Morgan fingerprint density at radius 1 is 1.22 bits per heavy atom. The van der Waals surface area contributed by atoms with E-state index in [1.807, 2.05) is 31.2 Å². The van der Waals surface area contributed by atoms with Crippen LogP contribution in [-0.4, -0.2) is 47.5 Å². The highest BCUT2D eigenvalue weighted by atomic mass is 35.5. The summed E-state index contributed by atoms with van der Waals surface area (Å²) in [5.74, 6) is 1.67. The van der Waals surface area contributed by atoms with Gasteiger partial charge in [0.05, 0.1) is 17.6 Å². The SMILES string of the molecule is CNC(=O)c1ccc2[nH]c(CCCOc3ccc(Cl)c(CN4CCCCC4)c3)nc2c1C. The minimum atomic E-state index is -0.0926. The first kappa shape index (κ1) is 22.6. The van der Waals surface area contributed by atoms with E-state index in [2.05, 4.69) is 21.3 Å². The van der Waals surface area contributed by atoms with Crippen molar-refractivity contribution in [1.29, 1.82) is 0 Å². The zero-order chi connectivity index (χ0) is 22.5. The number of piperidine rings is 1. The van der Waals surface area contributed by atoms with Gasteiger partial charge in [-0.05, 0) is 80.7 Å². The smallest absolute Gasteiger partial charge is 0.251 e. The van der Waals surface area contributed by atoms with E-state index in [0.29, 0.717) is 12.2 Å². The van der Waals surface area contributed by atoms with Gasteiger partial charge in [0.2, 0.25) is 0 Å². The van der Waals surface area contributed by atoms with Crippen LogP contribution in [-0.2, 0) is 13.0 Å². The van der Waals surface area contributed by atoms with E-state index in [4.69, 9.17) is 21.3 Å². The van der Waals surface area contributed by atoms with Gasteiger partial charge >= 0.3 is 0 Å². The van der Waals surface area contributed by atoms with Crippen molar-refractivity contribution in [1.82, 2.24) is 20.2 Å². The van der Waals surface area contributed by atoms with Gasteiger partial charge in [-0.15, -0.1) is 0 Å². The van der Waals surface area contributed by atoms with Crippen LogP contribution in [0.3, 0.4) is 0 Å². The molecular weight excluding hydrogens is 424 g/mol. The van der Waals surface area contributed by atoms with Crippen LogP contribution < -0.4 is 10.1 Å². The highest BCUT2D eigenvalue weighted by Crippen LogP contribution is 2.25. The highest BCUT2D eigenvalue weighted by molar-refractivity contribution is 6.31. The minimum absolute atomic E-state index is 0.0926. The molecule has 170 valence electrons. The lowest BCUT2D eigenvalue weighted by Crippen LogP contribution is -2.29. The van der Waals surface area contributed by atoms with Crippen molar-refractivity contribution in [2.45, 2.75) is 45.6 Å². The third kappa shape index (κ3) is 5.25. The summed E-state index contributed by atoms with van der Waals surface area (Å²) in [6.45, 7) is 5.70. The Morgan fingerprint density at radius 3 is 2.81 bits per heavy atom. The number of amides is 1. The molecule has 2 aromatic carbocycles. The van der Waals surface area contributed by atoms with Crippen molar-refractivity contribution in [2.24, 2.45) is 0 Å². The van der Waals surface area contributed by atoms with Gasteiger partial charge in [-0.2, -0.15) is 0 Å². The number of halogens is 1. The van der Waals surface area contributed by atoms with Crippen molar-refractivity contribution < 1.29 is 9.53 Å². The summed E-state index contributed by atoms with van der Waals surface area (Å²) in [6, 6.07) is 9.69. The molecule has 1 saturated heterocycles. The highest BCUT2D eigenvalue weighted by Gasteiger charge is 2.14. The molecule has 1 amide bonds. The first-order valence-corrected chi connectivity index (χ1v) is 11.8. The van der Waals surface area contributed by atoms with Crippen LogP contribution in [0.2, 0.25) is 5.02 Å². The molecule has 0 bridgehead atoms. The number of nitrogens with zero attached hydrogens (tertiary/aromatic N) is 2. The topological polar surface area (TPSA) is 70.2 Å². The van der Waals surface area contributed by atoms with Gasteiger partial charge in [0, 0.05) is 30.6 Å². The lowest BCUT2D eigenvalue weighted by atomic mass is 10.1. The maximum Gasteiger partial charge on any atom is 0.251 e. The van der Waals surface area contributed by atoms with Gasteiger partial charge in [0.25, 0.3) is 5.91 Å². The Hall–Kier alpha value is -2.57. The Kier molecular flexibility index (Phi) is 7.33. The maximum absolute atomic E-state index is 12.0. The number of aryl methyl sites for hydroxylation is 2. The van der Waals surface area contributed by atoms with Crippen molar-refractivity contribution in [2.75, 3.05) is 26.7 Å². The van der Waals surface area contributed by atoms with Crippen LogP contribution >= 0.6 is 11.6 Å². The van der Waals surface area contributed by atoms with Gasteiger partial charge in [0.15, 0.2) is 0 Å². The Balaban J connectivity index is 1.33. The van der Waals surface area contributed by atoms with E-state index in [9.17, 15) is 4.79 Å². The van der Waals surface area contributed by atoms with E-state index in [-0.39, 0.29) is 5.91 Å². The zero-order valence-electron chi connectivity index (χ0n) is 18.8. The number of likely N-dealkylation sites (tertiary alicyclic amines) is 1. The standard InChI is InChI=1S/C25H31ClN4O2/c1-17-20(25(31)27-2)9-11-22-24(17)29-23(28-22)7-6-14-32-19-8-10-21(26)18(15-19)16-30-12-4-3-5-13-30/h8-11,15H,3-7,12-14,16H2,1-2H3,(H,27,31)(H,28,29). The largest absolute Gasteiger partial charge is 0.494 e. The molecule has 7 heteroatoms. The molecule has 1 fully saturated rings. The third-order valence-corrected chi connectivity index (χ3v) is 6.48. The summed E-state index contributed by atoms with van der Waals surface area (Å²) in [5, 5.41) is 3.48. The van der Waals surface area contributed by atoms with E-state index < -0.39 is 0 Å². The molecule has 4 rings (SSSR count). The number of hydrogen-bond donors (Lipinski definition) is 2. The number of imidazole rings is 1. The van der Waals surface area contributed by atoms with Gasteiger partial charge in [-0.3, -0.25) is 9.69 Å². The summed E-state index contributed by atoms with van der Waals surface area (Å²) in [5.41, 5.74) is 4.48. The number of carbonyl (C=O) groups is 1. The maximum atomic E-state index is 12.0. The van der Waals surface area contributed by atoms with Gasteiger partial charge in [-0.25, -0.2) is 4.98 Å². The fourth-order valence-corrected chi connectivity index (χ4v) is 4.49. The lowest BCUT2D eigenvalue weighted by Gasteiger charge is -2.26. The average molecular weight is 455 g/mol. The van der Waals surface area contributed by atoms with Crippen molar-refractivity contribution in [3.05, 3.63) is 57.9 Å². The van der Waals surface area contributed by atoms with E-state index in [0.717, 1.165) is 71.2 Å². The normalized spacial score (nSPS) is 14.6. The number of hydrogen-bond acceptors (Lipinski definition) is 4. The molecule has 3 aromatic rings. The van der Waals surface area contributed by atoms with Gasteiger partial charge in [-0.1, -0.05) is 18.0 Å². The van der Waals surface area contributed by atoms with Crippen molar-refractivity contribution in [3.8, 4) is 5.75 Å². The van der Waals surface area contributed by atoms with Gasteiger partial charge in [0.1, 0.15) is 11.6 Å². The third-order valence-electron chi connectivity index (χ3n) is 6.11. The Bertz CT molecular complexity index is 1090. The fraction of sp³-hybridized carbons (Fsp3) is 0.440. The second kappa shape index (κ2) is 10.4. The first-order chi connectivity index (χ1) is 15.5. The van der Waals surface area contributed by atoms with Crippen LogP contribution in [0.15, 0.2) is 30.3 Å². The molecule has 2 N–H and O–H groups in total. The predicted octanol–water partition coefficient (Wildman–Crippen LogP) is 4.88. The van der Waals surface area contributed by atoms with E-state index >= 15 is 0 Å². The quantitative estimate of drug-likeness (QED) is 0.476. The summed E-state index contributed by atoms with van der Waals surface area (Å²) in [4.78, 5) is 22.5. The number of benzene rings is 2. The van der Waals surface area contributed by atoms with Crippen molar-refractivity contribution in [3.63, 3.8) is 0 Å². The van der Waals surface area contributed by atoms with Crippen LogP contribution in [0.1, 0.15) is 53.0 Å². The summed E-state index contributed by atoms with van der Waals surface area (Å²) in [6.07, 6.45) is 5.47. The molecule has 0 aliphatic carbocycles. The molecule has 6 nitrogen and oxygen atoms in total. The molecule has 1 aliphatic rings. The monoisotopic (exact) mass is 454 g/mol. The molecule has 2 heterocycles. The summed E-state index contributed by atoms with van der Waals surface area (Å²) >= 11 is 6.43. The molecule has 0 spiro atoms. The molecule has 0 saturated carbocycles. The van der Waals surface area contributed by atoms with E-state index in [1.54, 1.807) is 7.05 Å². The van der Waals surface area contributed by atoms with Crippen molar-refractivity contribution >= 4 is 28.5 Å². The number of H-pyrrole nitrogens is 1. The number of aromatic nitrogens is 2. The molecular formula is C25H31ClN4O2. The summed E-state index contributed by atoms with van der Waals surface area (Å²) < 4.78 is 6.00. The molecule has 1 aromatic heterocycles. The second-order valence-electron chi connectivity index (χ2n) is 8.44. The number of carbonyl (C=O) groups excluding carboxylic acids is 1. The predicted molar refractivity (Wildman–Crippen MR) is 129 cm³/mol. The van der Waals surface area contributed by atoms with Gasteiger partial charge < -0.3 is 15.0 Å². The molecule has 0 atom stereocenters. The number of nitrogens with one attached hydrogen (secondary N) is 2. The average Bonchev–Trinajstić information content (AvgIpc) is 3.23. The first-order valence-electron chi connectivity index (χ1n) is 11.4. The fourth-order valence-electron chi connectivity index (χ4n) is 4.31. The number of ether oxygens (including phenoxy) is 1. The molecule has 0 radical (unpaired) electrons. The second-order valence-corrected chi connectivity index (χ2v) is 8.85. The molecule has 32 heavy (non-hydrogen) atoms. The van der Waals surface area contributed by atoms with Crippen LogP contribution in [0, 0.1) is 6.92 Å². The number of fused-ring (bicyclic) bond motifs is 1. The van der Waals surface area contributed by atoms with Crippen LogP contribution in [0.25, 0.3) is 11.0 Å². The number of aromatic amines is 1. The lowest BCUT2D eigenvalue weighted by molar-refractivity contribution is 0.0962. The molecule has 1 aliphatic heterocycles. The van der Waals surface area contributed by atoms with E-state index in [1.165, 1.54) is 19.3 Å². The van der Waals surface area contributed by atoms with Crippen LogP contribution in [0.4, 0.5) is 0 Å². The Morgan fingerprint density at radius 2 is 2.03 bits per heavy atom. The summed E-state index contributed by atoms with van der Waals surface area (Å²) in [7, 11) is 1.64. The molecule has 0 unspecified atom stereocenters. The minimum Gasteiger partial charge on any atom is -0.494 e. The number of rotatable bonds is 8.